The number of esters is 1. The van der Waals surface area contributed by atoms with Crippen LogP contribution >= 0.6 is 11.6 Å². The van der Waals surface area contributed by atoms with Gasteiger partial charge in [0, 0.05) is 5.02 Å². The normalized spacial score (nSPS) is 11.6. The fourth-order valence-electron chi connectivity index (χ4n) is 3.06. The number of carbonyl (C=O) groups excluding carboxylic acids is 2. The van der Waals surface area contributed by atoms with Crippen LogP contribution in [0.2, 0.25) is 5.02 Å². The molecule has 9 heteroatoms. The highest BCUT2D eigenvalue weighted by Crippen LogP contribution is 2.28. The van der Waals surface area contributed by atoms with Gasteiger partial charge in [0.05, 0.1) is 25.5 Å². The number of nitrogens with zero attached hydrogens (tertiary/aromatic N) is 1. The number of ether oxygens (including phenoxy) is 4. The second kappa shape index (κ2) is 13.9. The van der Waals surface area contributed by atoms with Crippen LogP contribution in [0.3, 0.4) is 0 Å². The molecule has 0 saturated heterocycles. The van der Waals surface area contributed by atoms with Gasteiger partial charge in [-0.1, -0.05) is 24.9 Å². The third kappa shape index (κ3) is 8.54. The zero-order valence-corrected chi connectivity index (χ0v) is 21.7. The number of amides is 1. The van der Waals surface area contributed by atoms with Gasteiger partial charge in [-0.25, -0.2) is 10.2 Å². The second-order valence-electron chi connectivity index (χ2n) is 7.97. The molecule has 0 saturated carbocycles. The molecule has 0 aliphatic carbocycles. The minimum Gasteiger partial charge on any atom is -0.494 e. The molecule has 1 N–H and O–H groups in total. The van der Waals surface area contributed by atoms with E-state index in [0.29, 0.717) is 40.0 Å². The van der Waals surface area contributed by atoms with Crippen molar-refractivity contribution in [2.75, 3.05) is 13.7 Å². The van der Waals surface area contributed by atoms with Gasteiger partial charge in [-0.15, -0.1) is 0 Å². The van der Waals surface area contributed by atoms with Gasteiger partial charge in [0.2, 0.25) is 0 Å². The van der Waals surface area contributed by atoms with Crippen LogP contribution in [0.25, 0.3) is 0 Å². The Kier molecular flexibility index (Phi) is 10.3. The molecule has 0 bridgehead atoms. The molecule has 0 aromatic heterocycles. The summed E-state index contributed by atoms with van der Waals surface area (Å²) in [5.74, 6) is 0.850. The number of rotatable bonds is 12. The van der Waals surface area contributed by atoms with Crippen molar-refractivity contribution in [3.8, 4) is 23.0 Å². The van der Waals surface area contributed by atoms with E-state index in [-0.39, 0.29) is 5.75 Å². The molecular formula is C28H29ClN2O6. The highest BCUT2D eigenvalue weighted by Gasteiger charge is 2.15. The highest BCUT2D eigenvalue weighted by molar-refractivity contribution is 6.30. The summed E-state index contributed by atoms with van der Waals surface area (Å²) >= 11 is 5.85. The van der Waals surface area contributed by atoms with Crippen molar-refractivity contribution in [2.24, 2.45) is 5.10 Å². The molecule has 3 aromatic rings. The number of methoxy groups -OCH3 is 1. The molecule has 0 heterocycles. The summed E-state index contributed by atoms with van der Waals surface area (Å²) in [6.45, 7) is 4.33. The molecule has 8 nitrogen and oxygen atoms in total. The quantitative estimate of drug-likeness (QED) is 0.108. The summed E-state index contributed by atoms with van der Waals surface area (Å²) < 4.78 is 22.1. The van der Waals surface area contributed by atoms with Gasteiger partial charge < -0.3 is 18.9 Å². The average molecular weight is 525 g/mol. The Bertz CT molecular complexity index is 1210. The van der Waals surface area contributed by atoms with Crippen molar-refractivity contribution in [1.29, 1.82) is 0 Å². The van der Waals surface area contributed by atoms with Crippen molar-refractivity contribution < 1.29 is 28.5 Å². The maximum Gasteiger partial charge on any atom is 0.343 e. The Labute approximate surface area is 221 Å². The highest BCUT2D eigenvalue weighted by atomic mass is 35.5. The van der Waals surface area contributed by atoms with Crippen LogP contribution in [0.4, 0.5) is 0 Å². The molecule has 194 valence electrons. The Morgan fingerprint density at radius 1 is 1.00 bits per heavy atom. The molecular weight excluding hydrogens is 496 g/mol. The van der Waals surface area contributed by atoms with Crippen LogP contribution in [0.1, 0.15) is 42.6 Å². The van der Waals surface area contributed by atoms with Crippen LogP contribution in [0, 0.1) is 0 Å². The largest absolute Gasteiger partial charge is 0.494 e. The van der Waals surface area contributed by atoms with E-state index in [0.717, 1.165) is 12.8 Å². The molecule has 0 fully saturated rings. The van der Waals surface area contributed by atoms with Crippen LogP contribution in [0.5, 0.6) is 23.0 Å². The van der Waals surface area contributed by atoms with Gasteiger partial charge in [-0.05, 0) is 85.6 Å². The maximum atomic E-state index is 12.6. The summed E-state index contributed by atoms with van der Waals surface area (Å²) in [4.78, 5) is 24.8. The number of unbranched alkanes of at least 4 members (excludes halogenated alkanes) is 1. The monoisotopic (exact) mass is 524 g/mol. The number of halogens is 1. The number of hydrogen-bond acceptors (Lipinski definition) is 7. The van der Waals surface area contributed by atoms with Gasteiger partial charge in [0.25, 0.3) is 5.91 Å². The van der Waals surface area contributed by atoms with E-state index in [1.165, 1.54) is 13.3 Å². The lowest BCUT2D eigenvalue weighted by Gasteiger charge is -2.13. The van der Waals surface area contributed by atoms with E-state index >= 15 is 0 Å². The number of benzene rings is 3. The number of nitrogens with one attached hydrogen (secondary N) is 1. The lowest BCUT2D eigenvalue weighted by atomic mass is 10.2. The van der Waals surface area contributed by atoms with Crippen molar-refractivity contribution >= 4 is 29.7 Å². The number of carbonyl (C=O) groups is 2. The van der Waals surface area contributed by atoms with Crippen LogP contribution in [-0.4, -0.2) is 37.9 Å². The first-order valence-electron chi connectivity index (χ1n) is 11.8. The van der Waals surface area contributed by atoms with Crippen LogP contribution in [-0.2, 0) is 4.79 Å². The summed E-state index contributed by atoms with van der Waals surface area (Å²) in [7, 11) is 1.47. The Morgan fingerprint density at radius 2 is 1.70 bits per heavy atom. The van der Waals surface area contributed by atoms with E-state index in [1.54, 1.807) is 73.7 Å². The molecule has 1 atom stereocenters. The lowest BCUT2D eigenvalue weighted by Crippen LogP contribution is -2.33. The zero-order valence-electron chi connectivity index (χ0n) is 20.9. The Balaban J connectivity index is 1.55. The number of hydrogen-bond donors (Lipinski definition) is 1. The first kappa shape index (κ1) is 27.5. The molecule has 3 aromatic carbocycles. The van der Waals surface area contributed by atoms with E-state index in [2.05, 4.69) is 17.5 Å². The Hall–Kier alpha value is -4.04. The molecule has 0 radical (unpaired) electrons. The molecule has 37 heavy (non-hydrogen) atoms. The summed E-state index contributed by atoms with van der Waals surface area (Å²) in [5.41, 5.74) is 3.44. The first-order chi connectivity index (χ1) is 17.9. The summed E-state index contributed by atoms with van der Waals surface area (Å²) in [5, 5.41) is 4.54. The van der Waals surface area contributed by atoms with Gasteiger partial charge >= 0.3 is 5.97 Å². The first-order valence-corrected chi connectivity index (χ1v) is 12.2. The maximum absolute atomic E-state index is 12.6. The van der Waals surface area contributed by atoms with E-state index in [9.17, 15) is 9.59 Å². The third-order valence-electron chi connectivity index (χ3n) is 5.13. The smallest absolute Gasteiger partial charge is 0.343 e. The summed E-state index contributed by atoms with van der Waals surface area (Å²) in [6, 6.07) is 18.4. The molecule has 0 unspecified atom stereocenters. The van der Waals surface area contributed by atoms with Gasteiger partial charge in [0.15, 0.2) is 17.6 Å². The topological polar surface area (TPSA) is 95.5 Å². The number of hydrazone groups is 1. The predicted molar refractivity (Wildman–Crippen MR) is 142 cm³/mol. The van der Waals surface area contributed by atoms with E-state index in [1.807, 2.05) is 0 Å². The van der Waals surface area contributed by atoms with Gasteiger partial charge in [-0.3, -0.25) is 4.79 Å². The van der Waals surface area contributed by atoms with Crippen molar-refractivity contribution in [1.82, 2.24) is 5.43 Å². The average Bonchev–Trinajstić information content (AvgIpc) is 2.91. The predicted octanol–water partition coefficient (Wildman–Crippen LogP) is 5.66. The van der Waals surface area contributed by atoms with Crippen molar-refractivity contribution in [3.05, 3.63) is 82.9 Å². The molecule has 0 aliphatic heterocycles. The molecule has 0 aliphatic rings. The van der Waals surface area contributed by atoms with Gasteiger partial charge in [-0.2, -0.15) is 5.10 Å². The van der Waals surface area contributed by atoms with Gasteiger partial charge in [0.1, 0.15) is 11.5 Å². The standard InChI is InChI=1S/C28H29ClN2O6/c1-4-5-16-35-23-11-7-21(8-12-23)28(33)37-25-15-6-20(17-26(25)34-3)18-30-31-27(32)19(2)36-24-13-9-22(29)10-14-24/h6-15,17-19H,4-5,16H2,1-3H3,(H,31,32)/b30-18-/t19-/m0/s1. The minimum absolute atomic E-state index is 0.252. The minimum atomic E-state index is -0.772. The Morgan fingerprint density at radius 3 is 2.38 bits per heavy atom. The molecule has 3 rings (SSSR count). The lowest BCUT2D eigenvalue weighted by molar-refractivity contribution is -0.127. The fraction of sp³-hybridized carbons (Fsp3) is 0.250. The zero-order chi connectivity index (χ0) is 26.6. The third-order valence-corrected chi connectivity index (χ3v) is 5.38. The van der Waals surface area contributed by atoms with Crippen molar-refractivity contribution in [2.45, 2.75) is 32.8 Å². The van der Waals surface area contributed by atoms with Crippen LogP contribution in [0.15, 0.2) is 71.8 Å². The van der Waals surface area contributed by atoms with Crippen LogP contribution < -0.4 is 24.4 Å². The second-order valence-corrected chi connectivity index (χ2v) is 8.41. The molecule has 0 spiro atoms. The van der Waals surface area contributed by atoms with E-state index < -0.39 is 18.0 Å². The fourth-order valence-corrected chi connectivity index (χ4v) is 3.19. The summed E-state index contributed by atoms with van der Waals surface area (Å²) in [6.07, 6.45) is 2.68. The molecule has 1 amide bonds. The van der Waals surface area contributed by atoms with E-state index in [4.69, 9.17) is 30.5 Å². The van der Waals surface area contributed by atoms with Crippen molar-refractivity contribution in [3.63, 3.8) is 0 Å². The SMILES string of the molecule is CCCCOc1ccc(C(=O)Oc2ccc(/C=N\NC(=O)[C@H](C)Oc3ccc(Cl)cc3)cc2OC)cc1.